The molecule has 1 saturated heterocycles. The molecule has 6 nitrogen and oxygen atoms in total. The molecule has 1 aliphatic rings. The number of carbonyl (C=O) groups excluding carboxylic acids is 3. The van der Waals surface area contributed by atoms with Crippen molar-refractivity contribution in [3.05, 3.63) is 65.7 Å². The van der Waals surface area contributed by atoms with Crippen molar-refractivity contribution in [2.75, 3.05) is 18.8 Å². The van der Waals surface area contributed by atoms with E-state index in [4.69, 9.17) is 0 Å². The Balaban J connectivity index is 1.54. The first kappa shape index (κ1) is 20.9. The standard InChI is InChI=1S/C22H25N3O3S/c1-3-22(17-7-5-4-6-8-17)20(27)25(21(28)24-22)15-19(26)23-13-14-29-18-11-9-16(2)10-12-18/h4-12H,3,13-15H2,1-2H3,(H,23,26)(H,24,28)/t22-/m1/s1. The fourth-order valence-corrected chi connectivity index (χ4v) is 4.09. The number of imide groups is 1. The van der Waals surface area contributed by atoms with Crippen molar-refractivity contribution < 1.29 is 14.4 Å². The predicted octanol–water partition coefficient (Wildman–Crippen LogP) is 3.06. The number of rotatable bonds is 8. The van der Waals surface area contributed by atoms with Gasteiger partial charge in [-0.15, -0.1) is 11.8 Å². The SMILES string of the molecule is CC[C@]1(c2ccccc2)NC(=O)N(CC(=O)NCCSc2ccc(C)cc2)C1=O. The average Bonchev–Trinajstić information content (AvgIpc) is 2.98. The van der Waals surface area contributed by atoms with Crippen molar-refractivity contribution in [3.8, 4) is 0 Å². The molecule has 0 bridgehead atoms. The first-order valence-corrected chi connectivity index (χ1v) is 10.6. The largest absolute Gasteiger partial charge is 0.354 e. The van der Waals surface area contributed by atoms with E-state index in [9.17, 15) is 14.4 Å². The van der Waals surface area contributed by atoms with E-state index in [-0.39, 0.29) is 18.4 Å². The minimum Gasteiger partial charge on any atom is -0.354 e. The van der Waals surface area contributed by atoms with Crippen LogP contribution in [0, 0.1) is 6.92 Å². The Bertz CT molecular complexity index is 886. The quantitative estimate of drug-likeness (QED) is 0.398. The van der Waals surface area contributed by atoms with Crippen LogP contribution < -0.4 is 10.6 Å². The molecule has 2 aromatic carbocycles. The maximum absolute atomic E-state index is 13.0. The molecule has 0 aromatic heterocycles. The van der Waals surface area contributed by atoms with Crippen LogP contribution in [0.4, 0.5) is 4.79 Å². The molecule has 0 spiro atoms. The van der Waals surface area contributed by atoms with Gasteiger partial charge in [0, 0.05) is 17.2 Å². The van der Waals surface area contributed by atoms with Gasteiger partial charge in [-0.2, -0.15) is 0 Å². The third-order valence-electron chi connectivity index (χ3n) is 4.99. The lowest BCUT2D eigenvalue weighted by Crippen LogP contribution is -2.45. The van der Waals surface area contributed by atoms with Gasteiger partial charge < -0.3 is 10.6 Å². The molecule has 1 fully saturated rings. The van der Waals surface area contributed by atoms with Crippen LogP contribution in [0.1, 0.15) is 24.5 Å². The summed E-state index contributed by atoms with van der Waals surface area (Å²) in [5.41, 5.74) is 0.813. The van der Waals surface area contributed by atoms with Crippen LogP contribution in [-0.2, 0) is 15.1 Å². The molecule has 0 unspecified atom stereocenters. The van der Waals surface area contributed by atoms with Crippen LogP contribution >= 0.6 is 11.8 Å². The van der Waals surface area contributed by atoms with Gasteiger partial charge in [-0.1, -0.05) is 55.0 Å². The number of carbonyl (C=O) groups is 3. The Morgan fingerprint density at radius 2 is 1.79 bits per heavy atom. The Kier molecular flexibility index (Phi) is 6.59. The van der Waals surface area contributed by atoms with Crippen molar-refractivity contribution in [2.45, 2.75) is 30.7 Å². The minimum atomic E-state index is -1.11. The molecule has 7 heteroatoms. The highest BCUT2D eigenvalue weighted by molar-refractivity contribution is 7.99. The van der Waals surface area contributed by atoms with Crippen LogP contribution in [-0.4, -0.2) is 41.6 Å². The van der Waals surface area contributed by atoms with Gasteiger partial charge in [0.1, 0.15) is 12.1 Å². The number of nitrogens with one attached hydrogen (secondary N) is 2. The first-order chi connectivity index (χ1) is 14.0. The summed E-state index contributed by atoms with van der Waals surface area (Å²) in [5.74, 6) is -0.0314. The minimum absolute atomic E-state index is 0.283. The zero-order chi connectivity index (χ0) is 20.9. The van der Waals surface area contributed by atoms with E-state index in [2.05, 4.69) is 10.6 Å². The maximum atomic E-state index is 13.0. The van der Waals surface area contributed by atoms with Gasteiger partial charge >= 0.3 is 6.03 Å². The molecule has 1 atom stereocenters. The number of nitrogens with zero attached hydrogens (tertiary/aromatic N) is 1. The van der Waals surface area contributed by atoms with Crippen LogP contribution in [0.3, 0.4) is 0 Å². The summed E-state index contributed by atoms with van der Waals surface area (Å²) in [6.45, 7) is 4.06. The van der Waals surface area contributed by atoms with Gasteiger partial charge in [-0.3, -0.25) is 14.5 Å². The summed E-state index contributed by atoms with van der Waals surface area (Å²) in [7, 11) is 0. The average molecular weight is 412 g/mol. The van der Waals surface area contributed by atoms with E-state index >= 15 is 0 Å². The van der Waals surface area contributed by atoms with Crippen molar-refractivity contribution in [2.24, 2.45) is 0 Å². The van der Waals surface area contributed by atoms with Crippen LogP contribution in [0.25, 0.3) is 0 Å². The normalized spacial score (nSPS) is 18.6. The van der Waals surface area contributed by atoms with Crippen LogP contribution in [0.2, 0.25) is 0 Å². The second-order valence-electron chi connectivity index (χ2n) is 6.96. The molecule has 1 heterocycles. The fourth-order valence-electron chi connectivity index (χ4n) is 3.33. The first-order valence-electron chi connectivity index (χ1n) is 9.62. The number of hydrogen-bond acceptors (Lipinski definition) is 4. The summed E-state index contributed by atoms with van der Waals surface area (Å²) in [6.07, 6.45) is 0.410. The number of thioether (sulfide) groups is 1. The topological polar surface area (TPSA) is 78.5 Å². The predicted molar refractivity (Wildman–Crippen MR) is 114 cm³/mol. The van der Waals surface area contributed by atoms with E-state index in [1.807, 2.05) is 68.4 Å². The maximum Gasteiger partial charge on any atom is 0.325 e. The van der Waals surface area contributed by atoms with Gasteiger partial charge in [-0.25, -0.2) is 4.79 Å². The zero-order valence-electron chi connectivity index (χ0n) is 16.6. The fraction of sp³-hybridized carbons (Fsp3) is 0.318. The van der Waals surface area contributed by atoms with E-state index in [0.29, 0.717) is 18.7 Å². The number of hydrogen-bond donors (Lipinski definition) is 2. The number of urea groups is 1. The van der Waals surface area contributed by atoms with Gasteiger partial charge in [-0.05, 0) is 31.0 Å². The highest BCUT2D eigenvalue weighted by Gasteiger charge is 2.51. The summed E-state index contributed by atoms with van der Waals surface area (Å²) in [5, 5.41) is 5.57. The third-order valence-corrected chi connectivity index (χ3v) is 6.00. The van der Waals surface area contributed by atoms with E-state index in [1.54, 1.807) is 11.8 Å². The number of benzene rings is 2. The Hall–Kier alpha value is -2.80. The Labute approximate surface area is 175 Å². The molecule has 1 aliphatic heterocycles. The lowest BCUT2D eigenvalue weighted by Gasteiger charge is -2.25. The number of aryl methyl sites for hydroxylation is 1. The molecule has 29 heavy (non-hydrogen) atoms. The van der Waals surface area contributed by atoms with Crippen molar-refractivity contribution in [1.82, 2.24) is 15.5 Å². The van der Waals surface area contributed by atoms with Gasteiger partial charge in [0.25, 0.3) is 5.91 Å². The summed E-state index contributed by atoms with van der Waals surface area (Å²) in [6, 6.07) is 16.8. The number of amides is 4. The van der Waals surface area contributed by atoms with Crippen LogP contribution in [0.5, 0.6) is 0 Å². The van der Waals surface area contributed by atoms with Crippen molar-refractivity contribution >= 4 is 29.6 Å². The lowest BCUT2D eigenvalue weighted by molar-refractivity contribution is -0.135. The highest BCUT2D eigenvalue weighted by Crippen LogP contribution is 2.32. The van der Waals surface area contributed by atoms with E-state index in [0.717, 1.165) is 15.4 Å². The molecule has 0 radical (unpaired) electrons. The summed E-state index contributed by atoms with van der Waals surface area (Å²) < 4.78 is 0. The van der Waals surface area contributed by atoms with E-state index < -0.39 is 11.6 Å². The molecule has 2 N–H and O–H groups in total. The Morgan fingerprint density at radius 3 is 2.45 bits per heavy atom. The molecule has 4 amide bonds. The molecular formula is C22H25N3O3S. The van der Waals surface area contributed by atoms with Crippen LogP contribution in [0.15, 0.2) is 59.5 Å². The highest BCUT2D eigenvalue weighted by atomic mass is 32.2. The zero-order valence-corrected chi connectivity index (χ0v) is 17.4. The summed E-state index contributed by atoms with van der Waals surface area (Å²) in [4.78, 5) is 39.8. The third kappa shape index (κ3) is 4.62. The molecule has 3 rings (SSSR count). The Morgan fingerprint density at radius 1 is 1.10 bits per heavy atom. The van der Waals surface area contributed by atoms with Crippen molar-refractivity contribution in [1.29, 1.82) is 0 Å². The van der Waals surface area contributed by atoms with Crippen molar-refractivity contribution in [3.63, 3.8) is 0 Å². The van der Waals surface area contributed by atoms with Gasteiger partial charge in [0.2, 0.25) is 5.91 Å². The molecule has 2 aromatic rings. The molecular weight excluding hydrogens is 386 g/mol. The smallest absolute Gasteiger partial charge is 0.325 e. The van der Waals surface area contributed by atoms with Gasteiger partial charge in [0.15, 0.2) is 0 Å². The second kappa shape index (κ2) is 9.13. The second-order valence-corrected chi connectivity index (χ2v) is 8.13. The molecule has 152 valence electrons. The summed E-state index contributed by atoms with van der Waals surface area (Å²) >= 11 is 1.64. The van der Waals surface area contributed by atoms with Gasteiger partial charge in [0.05, 0.1) is 0 Å². The van der Waals surface area contributed by atoms with E-state index in [1.165, 1.54) is 5.56 Å². The monoisotopic (exact) mass is 411 g/mol. The molecule has 0 aliphatic carbocycles. The molecule has 0 saturated carbocycles. The lowest BCUT2D eigenvalue weighted by atomic mass is 9.87.